The van der Waals surface area contributed by atoms with Gasteiger partial charge in [-0.3, -0.25) is 4.55 Å². The Balaban J connectivity index is 4.05. The van der Waals surface area contributed by atoms with Crippen LogP contribution in [0.5, 0.6) is 0 Å². The second-order valence-corrected chi connectivity index (χ2v) is 6.07. The summed E-state index contributed by atoms with van der Waals surface area (Å²) in [5, 5.41) is 0. The summed E-state index contributed by atoms with van der Waals surface area (Å²) in [6.07, 6.45) is 6.97. The summed E-state index contributed by atoms with van der Waals surface area (Å²) in [5.74, 6) is -1.22. The van der Waals surface area contributed by atoms with Gasteiger partial charge in [0.25, 0.3) is 10.1 Å². The fraction of sp³-hybridized carbons (Fsp3) is 0.769. The van der Waals surface area contributed by atoms with E-state index >= 15 is 0 Å². The monoisotopic (exact) mass is 292 g/mol. The normalized spacial score (nSPS) is 12.9. The highest BCUT2D eigenvalue weighted by molar-refractivity contribution is 7.85. The van der Waals surface area contributed by atoms with E-state index < -0.39 is 27.9 Å². The van der Waals surface area contributed by atoms with Gasteiger partial charge in [-0.15, -0.1) is 0 Å². The van der Waals surface area contributed by atoms with Crippen molar-refractivity contribution in [3.8, 4) is 0 Å². The Bertz CT molecular complexity index is 361. The molecule has 0 spiro atoms. The Kier molecular flexibility index (Phi) is 9.51. The van der Waals surface area contributed by atoms with Crippen LogP contribution in [0.25, 0.3) is 0 Å². The molecule has 0 fully saturated rings. The number of esters is 1. The van der Waals surface area contributed by atoms with Crippen molar-refractivity contribution in [1.82, 2.24) is 0 Å². The molecule has 0 saturated heterocycles. The molecule has 0 aromatic heterocycles. The number of carbonyl (C=O) groups excluding carboxylic acids is 1. The standard InChI is InChI=1S/C13H24O5S/c1-3-5-6-7-8-9-10-12(11-19(15,16)17)18-13(14)4-2/h4,12H,2-3,5-11H2,1H3,(H,15,16,17). The average Bonchev–Trinajstić information content (AvgIpc) is 2.31. The highest BCUT2D eigenvalue weighted by Crippen LogP contribution is 2.12. The minimum atomic E-state index is -4.14. The van der Waals surface area contributed by atoms with Crippen LogP contribution in [0.2, 0.25) is 0 Å². The van der Waals surface area contributed by atoms with E-state index in [4.69, 9.17) is 9.29 Å². The number of rotatable bonds is 11. The third-order valence-corrected chi connectivity index (χ3v) is 3.52. The Morgan fingerprint density at radius 2 is 1.84 bits per heavy atom. The maximum Gasteiger partial charge on any atom is 0.330 e. The fourth-order valence-electron chi connectivity index (χ4n) is 1.78. The second-order valence-electron chi connectivity index (χ2n) is 4.57. The van der Waals surface area contributed by atoms with Gasteiger partial charge in [-0.05, 0) is 12.8 Å². The van der Waals surface area contributed by atoms with Crippen molar-refractivity contribution in [2.75, 3.05) is 5.75 Å². The lowest BCUT2D eigenvalue weighted by Gasteiger charge is -2.15. The molecule has 19 heavy (non-hydrogen) atoms. The maximum absolute atomic E-state index is 11.1. The average molecular weight is 292 g/mol. The maximum atomic E-state index is 11.1. The molecule has 0 aromatic carbocycles. The van der Waals surface area contributed by atoms with E-state index in [0.29, 0.717) is 6.42 Å². The van der Waals surface area contributed by atoms with E-state index in [0.717, 1.165) is 31.8 Å². The van der Waals surface area contributed by atoms with Gasteiger partial charge in [-0.25, -0.2) is 4.79 Å². The Hall–Kier alpha value is -0.880. The molecule has 6 heteroatoms. The molecular weight excluding hydrogens is 268 g/mol. The van der Waals surface area contributed by atoms with Crippen molar-refractivity contribution in [2.24, 2.45) is 0 Å². The van der Waals surface area contributed by atoms with Crippen molar-refractivity contribution in [3.05, 3.63) is 12.7 Å². The molecule has 1 atom stereocenters. The molecule has 0 heterocycles. The molecule has 0 radical (unpaired) electrons. The van der Waals surface area contributed by atoms with Gasteiger partial charge >= 0.3 is 5.97 Å². The van der Waals surface area contributed by atoms with E-state index in [2.05, 4.69) is 13.5 Å². The SMILES string of the molecule is C=CC(=O)OC(CCCCCCCC)CS(=O)(=O)O. The quantitative estimate of drug-likeness (QED) is 0.274. The van der Waals surface area contributed by atoms with Gasteiger partial charge in [0.15, 0.2) is 0 Å². The molecule has 0 aromatic rings. The molecule has 1 unspecified atom stereocenters. The van der Waals surface area contributed by atoms with E-state index in [9.17, 15) is 13.2 Å². The van der Waals surface area contributed by atoms with Crippen LogP contribution in [0.3, 0.4) is 0 Å². The van der Waals surface area contributed by atoms with Crippen LogP contribution >= 0.6 is 0 Å². The predicted octanol–water partition coefficient (Wildman–Crippen LogP) is 2.72. The summed E-state index contributed by atoms with van der Waals surface area (Å²) < 4.78 is 35.4. The van der Waals surface area contributed by atoms with E-state index in [1.165, 1.54) is 12.8 Å². The van der Waals surface area contributed by atoms with Crippen LogP contribution in [0, 0.1) is 0 Å². The van der Waals surface area contributed by atoms with Gasteiger partial charge in [0.05, 0.1) is 0 Å². The highest BCUT2D eigenvalue weighted by atomic mass is 32.2. The fourth-order valence-corrected chi connectivity index (χ4v) is 2.48. The molecule has 0 aliphatic rings. The van der Waals surface area contributed by atoms with Gasteiger partial charge in [-0.2, -0.15) is 8.42 Å². The first-order valence-corrected chi connectivity index (χ1v) is 8.28. The van der Waals surface area contributed by atoms with Gasteiger partial charge in [0.1, 0.15) is 11.9 Å². The molecule has 1 N–H and O–H groups in total. The Morgan fingerprint density at radius 1 is 1.26 bits per heavy atom. The zero-order valence-corrected chi connectivity index (χ0v) is 12.3. The number of hydrogen-bond donors (Lipinski definition) is 1. The lowest BCUT2D eigenvalue weighted by molar-refractivity contribution is -0.142. The lowest BCUT2D eigenvalue weighted by Crippen LogP contribution is -2.26. The molecule has 112 valence electrons. The second kappa shape index (κ2) is 9.97. The number of hydrogen-bond acceptors (Lipinski definition) is 4. The van der Waals surface area contributed by atoms with E-state index in [-0.39, 0.29) is 0 Å². The Labute approximate surface area is 115 Å². The number of unbranched alkanes of at least 4 members (excludes halogenated alkanes) is 5. The first-order valence-electron chi connectivity index (χ1n) is 6.67. The van der Waals surface area contributed by atoms with Crippen LogP contribution < -0.4 is 0 Å². The van der Waals surface area contributed by atoms with Gasteiger partial charge in [0, 0.05) is 6.08 Å². The zero-order valence-electron chi connectivity index (χ0n) is 11.5. The summed E-state index contributed by atoms with van der Waals surface area (Å²) in [6.45, 7) is 5.39. The first-order chi connectivity index (χ1) is 8.89. The third-order valence-electron chi connectivity index (χ3n) is 2.73. The molecule has 0 rings (SSSR count). The lowest BCUT2D eigenvalue weighted by atomic mass is 10.1. The predicted molar refractivity (Wildman–Crippen MR) is 74.5 cm³/mol. The molecule has 0 amide bonds. The van der Waals surface area contributed by atoms with Crippen molar-refractivity contribution in [3.63, 3.8) is 0 Å². The van der Waals surface area contributed by atoms with Crippen molar-refractivity contribution in [1.29, 1.82) is 0 Å². The Morgan fingerprint density at radius 3 is 2.37 bits per heavy atom. The van der Waals surface area contributed by atoms with Gasteiger partial charge in [-0.1, -0.05) is 45.6 Å². The smallest absolute Gasteiger partial charge is 0.330 e. The van der Waals surface area contributed by atoms with Crippen LogP contribution in [-0.4, -0.2) is 30.8 Å². The molecule has 0 aliphatic heterocycles. The van der Waals surface area contributed by atoms with E-state index in [1.807, 2.05) is 0 Å². The number of ether oxygens (including phenoxy) is 1. The first kappa shape index (κ1) is 18.1. The number of carbonyl (C=O) groups is 1. The summed E-state index contributed by atoms with van der Waals surface area (Å²) >= 11 is 0. The summed E-state index contributed by atoms with van der Waals surface area (Å²) in [6, 6.07) is 0. The van der Waals surface area contributed by atoms with Gasteiger partial charge < -0.3 is 4.74 Å². The largest absolute Gasteiger partial charge is 0.458 e. The van der Waals surface area contributed by atoms with Crippen LogP contribution in [0.4, 0.5) is 0 Å². The minimum Gasteiger partial charge on any atom is -0.458 e. The summed E-state index contributed by atoms with van der Waals surface area (Å²) in [7, 11) is -4.14. The minimum absolute atomic E-state index is 0.436. The highest BCUT2D eigenvalue weighted by Gasteiger charge is 2.19. The van der Waals surface area contributed by atoms with Crippen LogP contribution in [0.15, 0.2) is 12.7 Å². The van der Waals surface area contributed by atoms with Crippen molar-refractivity contribution < 1.29 is 22.5 Å². The van der Waals surface area contributed by atoms with E-state index in [1.54, 1.807) is 0 Å². The molecule has 0 bridgehead atoms. The zero-order chi connectivity index (χ0) is 14.7. The summed E-state index contributed by atoms with van der Waals surface area (Å²) in [4.78, 5) is 11.1. The van der Waals surface area contributed by atoms with Crippen molar-refractivity contribution in [2.45, 2.75) is 58.0 Å². The van der Waals surface area contributed by atoms with Crippen molar-refractivity contribution >= 4 is 16.1 Å². The topological polar surface area (TPSA) is 80.7 Å². The summed E-state index contributed by atoms with van der Waals surface area (Å²) in [5.41, 5.74) is 0. The molecular formula is C13H24O5S. The molecule has 0 aliphatic carbocycles. The molecule has 0 saturated carbocycles. The van der Waals surface area contributed by atoms with Crippen LogP contribution in [-0.2, 0) is 19.6 Å². The molecule has 5 nitrogen and oxygen atoms in total. The third kappa shape index (κ3) is 11.9. The van der Waals surface area contributed by atoms with Crippen LogP contribution in [0.1, 0.15) is 51.9 Å². The van der Waals surface area contributed by atoms with Gasteiger partial charge in [0.2, 0.25) is 0 Å².